The zero-order valence-corrected chi connectivity index (χ0v) is 18.7. The van der Waals surface area contributed by atoms with E-state index in [-0.39, 0.29) is 42.3 Å². The molecule has 2 N–H and O–H groups in total. The van der Waals surface area contributed by atoms with E-state index in [1.165, 1.54) is 0 Å². The van der Waals surface area contributed by atoms with E-state index in [2.05, 4.69) is 15.6 Å². The van der Waals surface area contributed by atoms with E-state index < -0.39 is 0 Å². The Kier molecular flexibility index (Phi) is 10.1. The third-order valence-corrected chi connectivity index (χ3v) is 4.24. The van der Waals surface area contributed by atoms with Crippen LogP contribution in [0.1, 0.15) is 35.7 Å². The predicted molar refractivity (Wildman–Crippen MR) is 119 cm³/mol. The highest BCUT2D eigenvalue weighted by Gasteiger charge is 2.17. The Bertz CT molecular complexity index is 640. The number of nitrogens with zero attached hydrogens (tertiary/aromatic N) is 3. The lowest BCUT2D eigenvalue weighted by atomic mass is 10.1. The number of guanidine groups is 1. The molecule has 1 aromatic rings. The van der Waals surface area contributed by atoms with Crippen LogP contribution in [-0.4, -0.2) is 67.8 Å². The molecule has 8 heteroatoms. The standard InChI is InChI=1S/C19H29N5O2.HI/c1-4-20-19(22-14-17(25)24-11-5-6-12-24)21-13-15-7-9-16(10-8-15)18(26)23(2)3;/h7-10H,4-6,11-14H2,1-3H3,(H2,20,21,22);1H. The fraction of sp³-hybridized carbons (Fsp3) is 0.526. The van der Waals surface area contributed by atoms with Crippen LogP contribution in [0.3, 0.4) is 0 Å². The first-order valence-electron chi connectivity index (χ1n) is 9.11. The molecule has 150 valence electrons. The monoisotopic (exact) mass is 487 g/mol. The molecule has 0 radical (unpaired) electrons. The molecular formula is C19H30IN5O2. The summed E-state index contributed by atoms with van der Waals surface area (Å²) in [6, 6.07) is 7.42. The molecule has 0 atom stereocenters. The van der Waals surface area contributed by atoms with Gasteiger partial charge in [0.1, 0.15) is 0 Å². The highest BCUT2D eigenvalue weighted by Crippen LogP contribution is 2.08. The smallest absolute Gasteiger partial charge is 0.253 e. The van der Waals surface area contributed by atoms with Crippen LogP contribution in [-0.2, 0) is 11.3 Å². The number of halogens is 1. The van der Waals surface area contributed by atoms with Crippen molar-refractivity contribution >= 4 is 41.8 Å². The summed E-state index contributed by atoms with van der Waals surface area (Å²) in [5.41, 5.74) is 1.66. The summed E-state index contributed by atoms with van der Waals surface area (Å²) in [6.45, 7) is 5.14. The van der Waals surface area contributed by atoms with Crippen molar-refractivity contribution in [1.82, 2.24) is 20.4 Å². The molecule has 1 aliphatic rings. The summed E-state index contributed by atoms with van der Waals surface area (Å²) in [4.78, 5) is 32.0. The summed E-state index contributed by atoms with van der Waals surface area (Å²) in [5.74, 6) is 0.712. The molecule has 1 fully saturated rings. The van der Waals surface area contributed by atoms with Crippen LogP contribution in [0.25, 0.3) is 0 Å². The Labute approximate surface area is 178 Å². The molecule has 0 aliphatic carbocycles. The third kappa shape index (κ3) is 7.36. The summed E-state index contributed by atoms with van der Waals surface area (Å²) in [6.07, 6.45) is 2.18. The minimum Gasteiger partial charge on any atom is -0.357 e. The molecule has 0 bridgehead atoms. The number of rotatable bonds is 6. The molecule has 27 heavy (non-hydrogen) atoms. The van der Waals surface area contributed by atoms with Gasteiger partial charge >= 0.3 is 0 Å². The molecule has 0 unspecified atom stereocenters. The number of hydrogen-bond donors (Lipinski definition) is 2. The van der Waals surface area contributed by atoms with Crippen molar-refractivity contribution in [2.45, 2.75) is 26.3 Å². The number of hydrogen-bond acceptors (Lipinski definition) is 3. The molecule has 2 amide bonds. The van der Waals surface area contributed by atoms with Crippen LogP contribution in [0.15, 0.2) is 29.3 Å². The van der Waals surface area contributed by atoms with Crippen LogP contribution in [0.4, 0.5) is 0 Å². The lowest BCUT2D eigenvalue weighted by Gasteiger charge is -2.17. The van der Waals surface area contributed by atoms with Gasteiger partial charge in [-0.1, -0.05) is 12.1 Å². The fourth-order valence-corrected chi connectivity index (χ4v) is 2.76. The lowest BCUT2D eigenvalue weighted by molar-refractivity contribution is -0.128. The number of amides is 2. The van der Waals surface area contributed by atoms with Crippen molar-refractivity contribution in [2.75, 3.05) is 40.3 Å². The van der Waals surface area contributed by atoms with Crippen LogP contribution in [0, 0.1) is 0 Å². The van der Waals surface area contributed by atoms with E-state index in [1.807, 2.05) is 36.1 Å². The molecule has 1 aromatic carbocycles. The van der Waals surface area contributed by atoms with E-state index in [0.717, 1.165) is 38.0 Å². The van der Waals surface area contributed by atoms with Crippen molar-refractivity contribution < 1.29 is 9.59 Å². The maximum absolute atomic E-state index is 12.1. The summed E-state index contributed by atoms with van der Waals surface area (Å²) in [7, 11) is 3.47. The minimum absolute atomic E-state index is 0. The highest BCUT2D eigenvalue weighted by atomic mass is 127. The SMILES string of the molecule is CCNC(=NCc1ccc(C(=O)N(C)C)cc1)NCC(=O)N1CCCC1.I. The minimum atomic E-state index is -0.0181. The van der Waals surface area contributed by atoms with E-state index in [0.29, 0.717) is 18.1 Å². The first kappa shape index (κ1) is 23.2. The number of aliphatic imine (C=N–C) groups is 1. The molecule has 0 aromatic heterocycles. The lowest BCUT2D eigenvalue weighted by Crippen LogP contribution is -2.44. The number of likely N-dealkylation sites (tertiary alicyclic amines) is 1. The van der Waals surface area contributed by atoms with Crippen molar-refractivity contribution in [3.05, 3.63) is 35.4 Å². The van der Waals surface area contributed by atoms with Gasteiger partial charge in [-0.3, -0.25) is 9.59 Å². The van der Waals surface area contributed by atoms with Gasteiger partial charge in [-0.05, 0) is 37.5 Å². The van der Waals surface area contributed by atoms with Crippen LogP contribution >= 0.6 is 24.0 Å². The van der Waals surface area contributed by atoms with Gasteiger partial charge in [-0.2, -0.15) is 0 Å². The molecule has 0 spiro atoms. The van der Waals surface area contributed by atoms with Gasteiger partial charge in [0.2, 0.25) is 5.91 Å². The van der Waals surface area contributed by atoms with Crippen molar-refractivity contribution in [1.29, 1.82) is 0 Å². The van der Waals surface area contributed by atoms with Crippen LogP contribution in [0.5, 0.6) is 0 Å². The van der Waals surface area contributed by atoms with Gasteiger partial charge in [-0.15, -0.1) is 24.0 Å². The summed E-state index contributed by atoms with van der Waals surface area (Å²) < 4.78 is 0. The van der Waals surface area contributed by atoms with Crippen LogP contribution in [0.2, 0.25) is 0 Å². The average Bonchev–Trinajstić information content (AvgIpc) is 3.18. The Balaban J connectivity index is 0.00000364. The second-order valence-electron chi connectivity index (χ2n) is 6.53. The van der Waals surface area contributed by atoms with Gasteiger partial charge in [0.25, 0.3) is 5.91 Å². The third-order valence-electron chi connectivity index (χ3n) is 4.24. The first-order valence-corrected chi connectivity index (χ1v) is 9.11. The number of nitrogens with one attached hydrogen (secondary N) is 2. The van der Waals surface area contributed by atoms with E-state index in [4.69, 9.17) is 0 Å². The summed E-state index contributed by atoms with van der Waals surface area (Å²) >= 11 is 0. The Morgan fingerprint density at radius 3 is 2.30 bits per heavy atom. The van der Waals surface area contributed by atoms with Gasteiger partial charge in [-0.25, -0.2) is 4.99 Å². The highest BCUT2D eigenvalue weighted by molar-refractivity contribution is 14.0. The molecule has 7 nitrogen and oxygen atoms in total. The number of carbonyl (C=O) groups excluding carboxylic acids is 2. The second kappa shape index (κ2) is 11.8. The van der Waals surface area contributed by atoms with E-state index >= 15 is 0 Å². The molecule has 1 saturated heterocycles. The molecule has 2 rings (SSSR count). The summed E-state index contributed by atoms with van der Waals surface area (Å²) in [5, 5.41) is 6.25. The van der Waals surface area contributed by atoms with E-state index in [9.17, 15) is 9.59 Å². The molecule has 0 saturated carbocycles. The average molecular weight is 487 g/mol. The Morgan fingerprint density at radius 2 is 1.74 bits per heavy atom. The van der Waals surface area contributed by atoms with Gasteiger partial charge < -0.3 is 20.4 Å². The predicted octanol–water partition coefficient (Wildman–Crippen LogP) is 1.68. The van der Waals surface area contributed by atoms with Gasteiger partial charge in [0, 0.05) is 39.3 Å². The maximum Gasteiger partial charge on any atom is 0.253 e. The Morgan fingerprint density at radius 1 is 1.11 bits per heavy atom. The number of benzene rings is 1. The zero-order chi connectivity index (χ0) is 18.9. The maximum atomic E-state index is 12.1. The largest absolute Gasteiger partial charge is 0.357 e. The van der Waals surface area contributed by atoms with E-state index in [1.54, 1.807) is 19.0 Å². The van der Waals surface area contributed by atoms with Crippen LogP contribution < -0.4 is 10.6 Å². The molecule has 1 aliphatic heterocycles. The molecular weight excluding hydrogens is 457 g/mol. The number of carbonyl (C=O) groups is 2. The van der Waals surface area contributed by atoms with Crippen molar-refractivity contribution in [3.8, 4) is 0 Å². The van der Waals surface area contributed by atoms with Crippen molar-refractivity contribution in [2.24, 2.45) is 4.99 Å². The zero-order valence-electron chi connectivity index (χ0n) is 16.3. The van der Waals surface area contributed by atoms with Gasteiger partial charge in [0.05, 0.1) is 13.1 Å². The van der Waals surface area contributed by atoms with Gasteiger partial charge in [0.15, 0.2) is 5.96 Å². The molecule has 1 heterocycles. The van der Waals surface area contributed by atoms with Crippen molar-refractivity contribution in [3.63, 3.8) is 0 Å². The topological polar surface area (TPSA) is 77.0 Å². The second-order valence-corrected chi connectivity index (χ2v) is 6.53. The Hall–Kier alpha value is -1.84. The first-order chi connectivity index (χ1) is 12.5. The fourth-order valence-electron chi connectivity index (χ4n) is 2.76. The normalized spacial score (nSPS) is 13.7. The quantitative estimate of drug-likeness (QED) is 0.364.